The van der Waals surface area contributed by atoms with Gasteiger partial charge in [0.15, 0.2) is 0 Å². The summed E-state index contributed by atoms with van der Waals surface area (Å²) in [6.07, 6.45) is 3.52. The van der Waals surface area contributed by atoms with Gasteiger partial charge in [-0.15, -0.1) is 0 Å². The molecule has 6 rings (SSSR count). The molecule has 33 heavy (non-hydrogen) atoms. The van der Waals surface area contributed by atoms with Crippen LogP contribution < -0.4 is 18.1 Å². The van der Waals surface area contributed by atoms with E-state index >= 15 is 0 Å². The number of fused-ring (bicyclic) bond motifs is 7. The van der Waals surface area contributed by atoms with Crippen molar-refractivity contribution < 1.29 is 18.1 Å². The van der Waals surface area contributed by atoms with E-state index in [-0.39, 0.29) is 37.9 Å². The fourth-order valence-electron chi connectivity index (χ4n) is 4.13. The molecule has 0 amide bonds. The first-order chi connectivity index (χ1) is 15.7. The fraction of sp³-hybridized carbons (Fsp3) is 0.143. The van der Waals surface area contributed by atoms with Gasteiger partial charge in [0.2, 0.25) is 0 Å². The summed E-state index contributed by atoms with van der Waals surface area (Å²) in [6, 6.07) is 7.38. The molecule has 0 fully saturated rings. The maximum atomic E-state index is 6.60. The summed E-state index contributed by atoms with van der Waals surface area (Å²) in [7, 11) is -0.773. The van der Waals surface area contributed by atoms with Crippen molar-refractivity contribution in [1.82, 2.24) is 14.9 Å². The quantitative estimate of drug-likeness (QED) is 0.113. The van der Waals surface area contributed by atoms with Gasteiger partial charge < -0.3 is 0 Å². The first-order valence-electron chi connectivity index (χ1n) is 9.70. The average molecular weight is 545 g/mol. The van der Waals surface area contributed by atoms with E-state index in [1.165, 1.54) is 0 Å². The average Bonchev–Trinajstić information content (AvgIpc) is 3.32. The van der Waals surface area contributed by atoms with Crippen LogP contribution >= 0.6 is 53.9 Å². The van der Waals surface area contributed by atoms with Gasteiger partial charge in [0.05, 0.1) is 0 Å². The Balaban J connectivity index is 1.65. The van der Waals surface area contributed by atoms with Crippen LogP contribution in [0.2, 0.25) is 20.1 Å². The number of aromatic nitrogens is 2. The summed E-state index contributed by atoms with van der Waals surface area (Å²) >= 11 is 25.5. The Morgan fingerprint density at radius 3 is 1.55 bits per heavy atom. The monoisotopic (exact) mass is 543 g/mol. The molecule has 0 saturated heterocycles. The number of rotatable bonds is 2. The van der Waals surface area contributed by atoms with Gasteiger partial charge in [0.1, 0.15) is 0 Å². The molecule has 2 aromatic heterocycles. The van der Waals surface area contributed by atoms with Crippen molar-refractivity contribution in [3.8, 4) is 23.0 Å². The number of nitrogens with zero attached hydrogens (tertiary/aromatic N) is 3. The molecule has 0 bridgehead atoms. The van der Waals surface area contributed by atoms with E-state index < -0.39 is 7.51 Å². The molecule has 0 atom stereocenters. The van der Waals surface area contributed by atoms with E-state index in [1.54, 1.807) is 12.4 Å². The molecule has 12 heteroatoms. The second-order valence-electron chi connectivity index (χ2n) is 7.92. The summed E-state index contributed by atoms with van der Waals surface area (Å²) in [5.74, 6) is 1.12. The Bertz CT molecular complexity index is 1410. The SMILES string of the molecule is CN(C)CP12(Oc3c(Cl)c(Cl)c(Cl)c(Cl)c3O1)Oc1c(c3cccnc3c3ncccc13)O2. The van der Waals surface area contributed by atoms with E-state index in [0.717, 1.165) is 0 Å². The zero-order valence-electron chi connectivity index (χ0n) is 17.1. The van der Waals surface area contributed by atoms with Crippen molar-refractivity contribution >= 4 is 75.7 Å². The molecule has 1 spiro atoms. The van der Waals surface area contributed by atoms with E-state index in [9.17, 15) is 0 Å². The standard InChI is InChI=1S/C21H14Cl4N3O4P/c1-28(2)9-33(31-20-14(24)12(22)13(23)15(25)21(20)32-33)29-18-10-5-3-7-26-16(10)17-11(19(18)30-33)6-4-8-27-17/h3-8H,9H2,1-2H3. The minimum absolute atomic E-state index is 0.0510. The van der Waals surface area contributed by atoms with Gasteiger partial charge in [-0.25, -0.2) is 0 Å². The van der Waals surface area contributed by atoms with Crippen LogP contribution in [0.25, 0.3) is 21.8 Å². The molecule has 0 radical (unpaired) electrons. The van der Waals surface area contributed by atoms with Crippen molar-refractivity contribution in [1.29, 1.82) is 0 Å². The molecule has 0 aliphatic carbocycles. The zero-order valence-corrected chi connectivity index (χ0v) is 21.0. The van der Waals surface area contributed by atoms with Crippen LogP contribution in [-0.4, -0.2) is 35.2 Å². The maximum absolute atomic E-state index is 6.60. The normalized spacial score (nSPS) is 18.2. The Hall–Kier alpha value is -1.99. The molecule has 2 aromatic carbocycles. The minimum atomic E-state index is -4.46. The number of hydrogen-bond donors (Lipinski definition) is 0. The van der Waals surface area contributed by atoms with Crippen LogP contribution in [0, 0.1) is 0 Å². The molecule has 0 N–H and O–H groups in total. The zero-order chi connectivity index (χ0) is 23.1. The van der Waals surface area contributed by atoms with Crippen LogP contribution in [0.3, 0.4) is 0 Å². The number of benzene rings is 2. The van der Waals surface area contributed by atoms with Crippen LogP contribution in [0.15, 0.2) is 36.7 Å². The third-order valence-corrected chi connectivity index (χ3v) is 10.2. The molecule has 0 saturated carbocycles. The second kappa shape index (κ2) is 7.01. The van der Waals surface area contributed by atoms with Gasteiger partial charge in [-0.05, 0) is 0 Å². The topological polar surface area (TPSA) is 65.9 Å². The van der Waals surface area contributed by atoms with Gasteiger partial charge in [-0.1, -0.05) is 0 Å². The third kappa shape index (κ3) is 2.91. The van der Waals surface area contributed by atoms with Gasteiger partial charge in [0.25, 0.3) is 0 Å². The van der Waals surface area contributed by atoms with E-state index in [2.05, 4.69) is 9.97 Å². The van der Waals surface area contributed by atoms with Crippen LogP contribution in [-0.2, 0) is 0 Å². The van der Waals surface area contributed by atoms with E-state index in [0.29, 0.717) is 33.3 Å². The molecule has 2 aliphatic heterocycles. The van der Waals surface area contributed by atoms with Crippen molar-refractivity contribution in [3.05, 3.63) is 56.7 Å². The van der Waals surface area contributed by atoms with Crippen LogP contribution in [0.4, 0.5) is 0 Å². The Morgan fingerprint density at radius 2 is 1.12 bits per heavy atom. The number of pyridine rings is 2. The Labute approximate surface area is 208 Å². The molecule has 2 aliphatic rings. The molecule has 170 valence electrons. The molecule has 4 aromatic rings. The van der Waals surface area contributed by atoms with Crippen molar-refractivity contribution in [2.45, 2.75) is 0 Å². The van der Waals surface area contributed by atoms with E-state index in [1.807, 2.05) is 43.3 Å². The van der Waals surface area contributed by atoms with Gasteiger partial charge in [-0.2, -0.15) is 0 Å². The Kier molecular flexibility index (Phi) is 4.58. The first-order valence-corrected chi connectivity index (χ1v) is 13.3. The van der Waals surface area contributed by atoms with Crippen molar-refractivity contribution in [3.63, 3.8) is 0 Å². The van der Waals surface area contributed by atoms with Crippen molar-refractivity contribution in [2.24, 2.45) is 0 Å². The molecule has 0 unspecified atom stereocenters. The summed E-state index contributed by atoms with van der Waals surface area (Å²) in [5.41, 5.74) is 1.33. The predicted molar refractivity (Wildman–Crippen MR) is 132 cm³/mol. The molecule has 4 heterocycles. The molecular formula is C21H14Cl4N3O4P. The first kappa shape index (κ1) is 21.5. The van der Waals surface area contributed by atoms with Crippen LogP contribution in [0.5, 0.6) is 23.0 Å². The number of hydrogen-bond acceptors (Lipinski definition) is 7. The van der Waals surface area contributed by atoms with Crippen LogP contribution in [0.1, 0.15) is 0 Å². The summed E-state index contributed by atoms with van der Waals surface area (Å²) in [4.78, 5) is 10.9. The van der Waals surface area contributed by atoms with Crippen molar-refractivity contribution in [2.75, 3.05) is 20.4 Å². The van der Waals surface area contributed by atoms with Gasteiger partial charge in [-0.3, -0.25) is 0 Å². The number of halogens is 4. The molecular weight excluding hydrogens is 531 g/mol. The summed E-state index contributed by atoms with van der Waals surface area (Å²) in [5, 5.41) is 1.63. The summed E-state index contributed by atoms with van der Waals surface area (Å²) < 4.78 is 26.0. The summed E-state index contributed by atoms with van der Waals surface area (Å²) in [6.45, 7) is 0. The van der Waals surface area contributed by atoms with Gasteiger partial charge >= 0.3 is 209 Å². The van der Waals surface area contributed by atoms with E-state index in [4.69, 9.17) is 64.5 Å². The fourth-order valence-corrected chi connectivity index (χ4v) is 8.63. The second-order valence-corrected chi connectivity index (χ2v) is 12.4. The predicted octanol–water partition coefficient (Wildman–Crippen LogP) is 7.37. The molecule has 7 nitrogen and oxygen atoms in total. The third-order valence-electron chi connectivity index (χ3n) is 5.30. The Morgan fingerprint density at radius 1 is 0.697 bits per heavy atom. The van der Waals surface area contributed by atoms with Gasteiger partial charge in [0, 0.05) is 0 Å².